The summed E-state index contributed by atoms with van der Waals surface area (Å²) in [6.45, 7) is 3.92. The highest BCUT2D eigenvalue weighted by Gasteiger charge is 2.12. The van der Waals surface area contributed by atoms with Gasteiger partial charge in [0.25, 0.3) is 0 Å². The standard InChI is InChI=1S/C14H16O3/c1-9(2)17-14-11-5-4-6-12(15)10(11)7-8-13(14)16-3/h4-9,15H,1-3H3. The molecule has 3 nitrogen and oxygen atoms in total. The third-order valence-electron chi connectivity index (χ3n) is 2.53. The molecule has 0 saturated heterocycles. The molecule has 0 aliphatic heterocycles. The Bertz CT molecular complexity index is 532. The number of hydrogen-bond acceptors (Lipinski definition) is 3. The van der Waals surface area contributed by atoms with Crippen molar-refractivity contribution in [2.45, 2.75) is 20.0 Å². The fraction of sp³-hybridized carbons (Fsp3) is 0.286. The highest BCUT2D eigenvalue weighted by atomic mass is 16.5. The van der Waals surface area contributed by atoms with Crippen molar-refractivity contribution in [3.63, 3.8) is 0 Å². The molecule has 0 spiro atoms. The van der Waals surface area contributed by atoms with Gasteiger partial charge in [0.2, 0.25) is 0 Å². The van der Waals surface area contributed by atoms with Gasteiger partial charge in [-0.25, -0.2) is 0 Å². The fourth-order valence-electron chi connectivity index (χ4n) is 1.81. The summed E-state index contributed by atoms with van der Waals surface area (Å²) in [5.74, 6) is 1.60. The van der Waals surface area contributed by atoms with Crippen LogP contribution in [0.2, 0.25) is 0 Å². The van der Waals surface area contributed by atoms with E-state index in [1.807, 2.05) is 26.0 Å². The third-order valence-corrected chi connectivity index (χ3v) is 2.53. The maximum Gasteiger partial charge on any atom is 0.169 e. The van der Waals surface area contributed by atoms with Crippen molar-refractivity contribution in [1.82, 2.24) is 0 Å². The Morgan fingerprint density at radius 2 is 1.82 bits per heavy atom. The number of rotatable bonds is 3. The summed E-state index contributed by atoms with van der Waals surface area (Å²) in [7, 11) is 1.61. The molecule has 0 bridgehead atoms. The largest absolute Gasteiger partial charge is 0.507 e. The summed E-state index contributed by atoms with van der Waals surface area (Å²) in [5.41, 5.74) is 0. The van der Waals surface area contributed by atoms with Crippen molar-refractivity contribution in [2.75, 3.05) is 7.11 Å². The Kier molecular flexibility index (Phi) is 3.09. The number of ether oxygens (including phenoxy) is 2. The fourth-order valence-corrected chi connectivity index (χ4v) is 1.81. The first-order valence-electron chi connectivity index (χ1n) is 5.59. The van der Waals surface area contributed by atoms with Crippen LogP contribution < -0.4 is 9.47 Å². The van der Waals surface area contributed by atoms with E-state index in [0.717, 1.165) is 10.8 Å². The summed E-state index contributed by atoms with van der Waals surface area (Å²) in [4.78, 5) is 0. The maximum atomic E-state index is 9.80. The highest BCUT2D eigenvalue weighted by Crippen LogP contribution is 2.39. The zero-order valence-electron chi connectivity index (χ0n) is 10.2. The molecule has 17 heavy (non-hydrogen) atoms. The van der Waals surface area contributed by atoms with Gasteiger partial charge in [-0.05, 0) is 32.0 Å². The Balaban J connectivity index is 2.70. The molecule has 0 saturated carbocycles. The van der Waals surface area contributed by atoms with Gasteiger partial charge in [-0.1, -0.05) is 12.1 Å². The monoisotopic (exact) mass is 232 g/mol. The van der Waals surface area contributed by atoms with Gasteiger partial charge >= 0.3 is 0 Å². The Morgan fingerprint density at radius 3 is 2.47 bits per heavy atom. The third kappa shape index (κ3) is 2.13. The van der Waals surface area contributed by atoms with Crippen molar-refractivity contribution >= 4 is 10.8 Å². The van der Waals surface area contributed by atoms with Crippen molar-refractivity contribution in [1.29, 1.82) is 0 Å². The van der Waals surface area contributed by atoms with Crippen LogP contribution in [-0.2, 0) is 0 Å². The minimum Gasteiger partial charge on any atom is -0.507 e. The summed E-state index contributed by atoms with van der Waals surface area (Å²) in [5, 5.41) is 11.4. The zero-order valence-corrected chi connectivity index (χ0v) is 10.2. The van der Waals surface area contributed by atoms with Crippen molar-refractivity contribution in [3.8, 4) is 17.2 Å². The minimum absolute atomic E-state index is 0.0526. The molecule has 2 rings (SSSR count). The molecule has 0 heterocycles. The van der Waals surface area contributed by atoms with Gasteiger partial charge < -0.3 is 14.6 Å². The molecular weight excluding hydrogens is 216 g/mol. The van der Waals surface area contributed by atoms with E-state index in [4.69, 9.17) is 9.47 Å². The summed E-state index contributed by atoms with van der Waals surface area (Å²) < 4.78 is 11.1. The van der Waals surface area contributed by atoms with Gasteiger partial charge in [0.05, 0.1) is 13.2 Å². The number of fused-ring (bicyclic) bond motifs is 1. The van der Waals surface area contributed by atoms with Crippen molar-refractivity contribution < 1.29 is 14.6 Å². The maximum absolute atomic E-state index is 9.80. The number of phenols is 1. The lowest BCUT2D eigenvalue weighted by Crippen LogP contribution is -2.07. The lowest BCUT2D eigenvalue weighted by Gasteiger charge is -2.16. The average molecular weight is 232 g/mol. The van der Waals surface area contributed by atoms with Crippen LogP contribution in [0.3, 0.4) is 0 Å². The predicted molar refractivity (Wildman–Crippen MR) is 67.9 cm³/mol. The lowest BCUT2D eigenvalue weighted by atomic mass is 10.1. The molecule has 0 fully saturated rings. The molecule has 2 aromatic carbocycles. The summed E-state index contributed by atoms with van der Waals surface area (Å²) in [6.07, 6.45) is 0.0526. The van der Waals surface area contributed by atoms with E-state index in [0.29, 0.717) is 11.5 Å². The SMILES string of the molecule is COc1ccc2c(O)cccc2c1OC(C)C. The first-order valence-corrected chi connectivity index (χ1v) is 5.59. The zero-order chi connectivity index (χ0) is 12.4. The van der Waals surface area contributed by atoms with Crippen LogP contribution in [0.25, 0.3) is 10.8 Å². The van der Waals surface area contributed by atoms with Gasteiger partial charge in [-0.15, -0.1) is 0 Å². The van der Waals surface area contributed by atoms with E-state index in [1.165, 1.54) is 0 Å². The van der Waals surface area contributed by atoms with Gasteiger partial charge in [-0.3, -0.25) is 0 Å². The highest BCUT2D eigenvalue weighted by molar-refractivity contribution is 5.94. The topological polar surface area (TPSA) is 38.7 Å². The van der Waals surface area contributed by atoms with Crippen LogP contribution in [0.4, 0.5) is 0 Å². The van der Waals surface area contributed by atoms with Crippen LogP contribution >= 0.6 is 0 Å². The van der Waals surface area contributed by atoms with Gasteiger partial charge in [0.15, 0.2) is 11.5 Å². The number of hydrogen-bond donors (Lipinski definition) is 1. The molecule has 0 aliphatic rings. The molecular formula is C14H16O3. The second-order valence-corrected chi connectivity index (χ2v) is 4.14. The van der Waals surface area contributed by atoms with E-state index in [1.54, 1.807) is 25.3 Å². The predicted octanol–water partition coefficient (Wildman–Crippen LogP) is 3.34. The van der Waals surface area contributed by atoms with Crippen LogP contribution in [0, 0.1) is 0 Å². The molecule has 0 amide bonds. The second kappa shape index (κ2) is 4.53. The van der Waals surface area contributed by atoms with E-state index in [9.17, 15) is 5.11 Å². The first kappa shape index (κ1) is 11.6. The number of aromatic hydroxyl groups is 1. The quantitative estimate of drug-likeness (QED) is 0.882. The average Bonchev–Trinajstić information content (AvgIpc) is 2.29. The van der Waals surface area contributed by atoms with E-state index in [-0.39, 0.29) is 11.9 Å². The number of phenolic OH excluding ortho intramolecular Hbond substituents is 1. The molecule has 0 radical (unpaired) electrons. The molecule has 1 N–H and O–H groups in total. The van der Waals surface area contributed by atoms with Crippen molar-refractivity contribution in [2.24, 2.45) is 0 Å². The van der Waals surface area contributed by atoms with Crippen LogP contribution in [0.1, 0.15) is 13.8 Å². The molecule has 2 aromatic rings. The molecule has 90 valence electrons. The molecule has 3 heteroatoms. The Morgan fingerprint density at radius 1 is 1.06 bits per heavy atom. The Labute approximate surface area is 101 Å². The first-order chi connectivity index (χ1) is 8.13. The van der Waals surface area contributed by atoms with Gasteiger partial charge in [-0.2, -0.15) is 0 Å². The van der Waals surface area contributed by atoms with E-state index >= 15 is 0 Å². The molecule has 0 aromatic heterocycles. The second-order valence-electron chi connectivity index (χ2n) is 4.14. The van der Waals surface area contributed by atoms with E-state index < -0.39 is 0 Å². The van der Waals surface area contributed by atoms with Crippen LogP contribution in [0.15, 0.2) is 30.3 Å². The molecule has 0 aliphatic carbocycles. The number of benzene rings is 2. The normalized spacial score (nSPS) is 10.8. The molecule has 0 atom stereocenters. The summed E-state index contributed by atoms with van der Waals surface area (Å²) in [6, 6.07) is 9.00. The number of methoxy groups -OCH3 is 1. The van der Waals surface area contributed by atoms with Crippen molar-refractivity contribution in [3.05, 3.63) is 30.3 Å². The lowest BCUT2D eigenvalue weighted by molar-refractivity contribution is 0.233. The van der Waals surface area contributed by atoms with Gasteiger partial charge in [0.1, 0.15) is 5.75 Å². The smallest absolute Gasteiger partial charge is 0.169 e. The van der Waals surface area contributed by atoms with Crippen LogP contribution in [0.5, 0.6) is 17.2 Å². The van der Waals surface area contributed by atoms with Crippen LogP contribution in [-0.4, -0.2) is 18.3 Å². The van der Waals surface area contributed by atoms with Gasteiger partial charge in [0, 0.05) is 10.8 Å². The minimum atomic E-state index is 0.0526. The summed E-state index contributed by atoms with van der Waals surface area (Å²) >= 11 is 0. The Hall–Kier alpha value is -1.90. The molecule has 0 unspecified atom stereocenters. The van der Waals surface area contributed by atoms with E-state index in [2.05, 4.69) is 0 Å².